The van der Waals surface area contributed by atoms with Gasteiger partial charge in [0.05, 0.1) is 38.5 Å². The van der Waals surface area contributed by atoms with E-state index in [0.29, 0.717) is 11.3 Å². The molecule has 6 rings (SSSR count). The average Bonchev–Trinajstić information content (AvgIpc) is 3.72. The average molecular weight is 565 g/mol. The lowest BCUT2D eigenvalue weighted by atomic mass is 10.1. The molecule has 0 spiro atoms. The number of imidazole rings is 2. The maximum absolute atomic E-state index is 11.6. The smallest absolute Gasteiger partial charge is 0.278 e. The lowest BCUT2D eigenvalue weighted by molar-refractivity contribution is -0.0583. The van der Waals surface area contributed by atoms with Crippen LogP contribution in [0.15, 0.2) is 34.9 Å². The number of aliphatic hydroxyl groups excluding tert-OH is 4. The Labute approximate surface area is 223 Å². The number of H-pyrrole nitrogens is 2. The molecule has 18 heteroatoms. The maximum Gasteiger partial charge on any atom is 0.278 e. The normalized spacial score (nSPS) is 30.1. The van der Waals surface area contributed by atoms with Gasteiger partial charge in [-0.1, -0.05) is 0 Å². The van der Waals surface area contributed by atoms with Gasteiger partial charge in [-0.15, -0.1) is 0 Å². The van der Waals surface area contributed by atoms with E-state index >= 15 is 0 Å². The standard InChI is InChI=1S/2C11H14N4O5/c2*1-19-8-7(17)5(2-16)20-11(8)15-4-14-6-9(15)12-3-13-10(6)18/h2*3-5,7-8,11,16-17H,2H2,1H3,(H,12,13,18)/t2*5-,7-,8-,11-/m11/s1. The van der Waals surface area contributed by atoms with E-state index in [2.05, 4.69) is 29.9 Å². The molecule has 0 bridgehead atoms. The number of rotatable bonds is 6. The number of ether oxygens (including phenoxy) is 4. The molecular formula is C22H28N8O10. The van der Waals surface area contributed by atoms with Gasteiger partial charge in [0.1, 0.15) is 36.6 Å². The van der Waals surface area contributed by atoms with E-state index in [1.54, 1.807) is 0 Å². The molecule has 2 aliphatic heterocycles. The first kappa shape index (κ1) is 27.9. The van der Waals surface area contributed by atoms with Crippen LogP contribution in [-0.2, 0) is 18.9 Å². The number of aromatic nitrogens is 8. The molecule has 2 fully saturated rings. The number of hydrogen-bond donors (Lipinski definition) is 6. The van der Waals surface area contributed by atoms with E-state index in [4.69, 9.17) is 18.9 Å². The predicted molar refractivity (Wildman–Crippen MR) is 132 cm³/mol. The Morgan fingerprint density at radius 2 is 1.18 bits per heavy atom. The third-order valence-corrected chi connectivity index (χ3v) is 6.81. The Hall–Kier alpha value is -3.62. The van der Waals surface area contributed by atoms with Gasteiger partial charge in [0.15, 0.2) is 34.8 Å². The van der Waals surface area contributed by atoms with Crippen LogP contribution < -0.4 is 11.1 Å². The predicted octanol–water partition coefficient (Wildman–Crippen LogP) is -3.23. The molecule has 216 valence electrons. The van der Waals surface area contributed by atoms with Crippen molar-refractivity contribution >= 4 is 22.3 Å². The Morgan fingerprint density at radius 3 is 1.52 bits per heavy atom. The summed E-state index contributed by atoms with van der Waals surface area (Å²) >= 11 is 0. The van der Waals surface area contributed by atoms with Crippen LogP contribution in [0.2, 0.25) is 0 Å². The first-order valence-corrected chi connectivity index (χ1v) is 12.1. The summed E-state index contributed by atoms with van der Waals surface area (Å²) in [5.74, 6) is 0. The molecule has 40 heavy (non-hydrogen) atoms. The van der Waals surface area contributed by atoms with E-state index in [-0.39, 0.29) is 35.4 Å². The second-order valence-electron chi connectivity index (χ2n) is 8.99. The summed E-state index contributed by atoms with van der Waals surface area (Å²) in [7, 11) is 2.87. The minimum absolute atomic E-state index is 0.174. The van der Waals surface area contributed by atoms with Crippen LogP contribution >= 0.6 is 0 Å². The van der Waals surface area contributed by atoms with Gasteiger partial charge >= 0.3 is 0 Å². The molecule has 4 aromatic rings. The molecule has 18 nitrogen and oxygen atoms in total. The summed E-state index contributed by atoms with van der Waals surface area (Å²) in [6, 6.07) is 0. The zero-order chi connectivity index (χ0) is 28.6. The Bertz CT molecular complexity index is 1450. The van der Waals surface area contributed by atoms with Gasteiger partial charge in [0.2, 0.25) is 0 Å². The van der Waals surface area contributed by atoms with Gasteiger partial charge in [-0.3, -0.25) is 18.7 Å². The molecular weight excluding hydrogens is 536 g/mol. The highest BCUT2D eigenvalue weighted by Gasteiger charge is 2.46. The first-order chi connectivity index (χ1) is 19.3. The molecule has 0 saturated carbocycles. The Kier molecular flexibility index (Phi) is 8.01. The molecule has 0 unspecified atom stereocenters. The fourth-order valence-electron chi connectivity index (χ4n) is 4.79. The topological polar surface area (TPSA) is 245 Å². The second kappa shape index (κ2) is 11.5. The van der Waals surface area contributed by atoms with Gasteiger partial charge in [-0.05, 0) is 0 Å². The molecule has 6 heterocycles. The number of aliphatic hydroxyl groups is 4. The van der Waals surface area contributed by atoms with E-state index < -0.39 is 49.1 Å². The first-order valence-electron chi connectivity index (χ1n) is 12.1. The quantitative estimate of drug-likeness (QED) is 0.135. The summed E-state index contributed by atoms with van der Waals surface area (Å²) in [6.45, 7) is -0.670. The molecule has 4 aromatic heterocycles. The van der Waals surface area contributed by atoms with Gasteiger partial charge in [0, 0.05) is 14.2 Å². The third-order valence-electron chi connectivity index (χ3n) is 6.81. The number of nitrogens with one attached hydrogen (secondary N) is 2. The molecule has 0 radical (unpaired) electrons. The molecule has 2 aliphatic rings. The van der Waals surface area contributed by atoms with Crippen LogP contribution in [0, 0.1) is 0 Å². The summed E-state index contributed by atoms with van der Waals surface area (Å²) in [6.07, 6.45) is -0.961. The van der Waals surface area contributed by atoms with Crippen molar-refractivity contribution < 1.29 is 39.4 Å². The van der Waals surface area contributed by atoms with E-state index in [9.17, 15) is 30.0 Å². The van der Waals surface area contributed by atoms with Crippen LogP contribution in [0.1, 0.15) is 12.5 Å². The van der Waals surface area contributed by atoms with Crippen molar-refractivity contribution in [3.8, 4) is 0 Å². The van der Waals surface area contributed by atoms with Gasteiger partial charge < -0.3 is 49.3 Å². The van der Waals surface area contributed by atoms with Crippen molar-refractivity contribution in [2.45, 2.75) is 49.1 Å². The maximum atomic E-state index is 11.6. The molecule has 8 atom stereocenters. The lowest BCUT2D eigenvalue weighted by Gasteiger charge is -2.19. The highest BCUT2D eigenvalue weighted by Crippen LogP contribution is 2.33. The van der Waals surface area contributed by atoms with Crippen LogP contribution in [0.25, 0.3) is 22.3 Å². The molecule has 2 saturated heterocycles. The van der Waals surface area contributed by atoms with Gasteiger partial charge in [0.25, 0.3) is 11.1 Å². The highest BCUT2D eigenvalue weighted by atomic mass is 16.6. The van der Waals surface area contributed by atoms with Crippen LogP contribution in [0.3, 0.4) is 0 Å². The summed E-state index contributed by atoms with van der Waals surface area (Å²) in [5, 5.41) is 38.4. The molecule has 6 N–H and O–H groups in total. The Morgan fingerprint density at radius 1 is 0.775 bits per heavy atom. The number of aromatic amines is 2. The van der Waals surface area contributed by atoms with Crippen molar-refractivity contribution in [1.82, 2.24) is 39.0 Å². The Balaban J connectivity index is 0.000000161. The van der Waals surface area contributed by atoms with Gasteiger partial charge in [-0.2, -0.15) is 0 Å². The van der Waals surface area contributed by atoms with Crippen LogP contribution in [0.4, 0.5) is 0 Å². The van der Waals surface area contributed by atoms with Gasteiger partial charge in [-0.25, -0.2) is 19.9 Å². The van der Waals surface area contributed by atoms with E-state index in [1.807, 2.05) is 0 Å². The van der Waals surface area contributed by atoms with E-state index in [0.717, 1.165) is 0 Å². The van der Waals surface area contributed by atoms with Crippen molar-refractivity contribution in [2.24, 2.45) is 0 Å². The zero-order valence-corrected chi connectivity index (χ0v) is 21.3. The fourth-order valence-corrected chi connectivity index (χ4v) is 4.79. The van der Waals surface area contributed by atoms with Crippen molar-refractivity contribution in [3.05, 3.63) is 46.0 Å². The summed E-state index contributed by atoms with van der Waals surface area (Å²) in [5.41, 5.74) is 0.277. The number of methoxy groups -OCH3 is 2. The van der Waals surface area contributed by atoms with Crippen molar-refractivity contribution in [1.29, 1.82) is 0 Å². The van der Waals surface area contributed by atoms with Crippen LogP contribution in [-0.4, -0.2) is 124 Å². The third kappa shape index (κ3) is 4.69. The number of hydrogen-bond acceptors (Lipinski definition) is 14. The SMILES string of the molecule is CO[C@@H]1[C@H](O)[C@@H](CO)O[C@H]1n1cnc2c(=O)[nH]cnc21.CO[C@@H]1[C@H](O)[C@@H](CO)O[C@H]1n1cnc2c(=O)[nH]cnc21. The second-order valence-corrected chi connectivity index (χ2v) is 8.99. The van der Waals surface area contributed by atoms with E-state index in [1.165, 1.54) is 48.7 Å². The molecule has 0 amide bonds. The molecule has 0 aliphatic carbocycles. The fraction of sp³-hybridized carbons (Fsp3) is 0.545. The summed E-state index contributed by atoms with van der Waals surface area (Å²) < 4.78 is 24.6. The lowest BCUT2D eigenvalue weighted by Crippen LogP contribution is -2.34. The summed E-state index contributed by atoms with van der Waals surface area (Å²) in [4.78, 5) is 44.2. The molecule has 0 aromatic carbocycles. The minimum Gasteiger partial charge on any atom is -0.394 e. The van der Waals surface area contributed by atoms with Crippen LogP contribution in [0.5, 0.6) is 0 Å². The largest absolute Gasteiger partial charge is 0.394 e. The monoisotopic (exact) mass is 564 g/mol. The number of nitrogens with zero attached hydrogens (tertiary/aromatic N) is 6. The number of fused-ring (bicyclic) bond motifs is 2. The minimum atomic E-state index is -0.977. The van der Waals surface area contributed by atoms with Crippen molar-refractivity contribution in [2.75, 3.05) is 27.4 Å². The highest BCUT2D eigenvalue weighted by molar-refractivity contribution is 5.69. The van der Waals surface area contributed by atoms with Crippen molar-refractivity contribution in [3.63, 3.8) is 0 Å². The zero-order valence-electron chi connectivity index (χ0n) is 21.3.